The molecule has 1 fully saturated rings. The molecule has 0 bridgehead atoms. The van der Waals surface area contributed by atoms with E-state index in [2.05, 4.69) is 26.1 Å². The highest BCUT2D eigenvalue weighted by molar-refractivity contribution is 5.85. The number of carbonyl (C=O) groups excluding carboxylic acids is 1. The Kier molecular flexibility index (Phi) is 7.99. The van der Waals surface area contributed by atoms with Crippen LogP contribution < -0.4 is 11.1 Å². The van der Waals surface area contributed by atoms with Crippen LogP contribution >= 0.6 is 12.4 Å². The lowest BCUT2D eigenvalue weighted by molar-refractivity contribution is -0.123. The first kappa shape index (κ1) is 18.7. The van der Waals surface area contributed by atoms with Gasteiger partial charge >= 0.3 is 0 Å². The lowest BCUT2D eigenvalue weighted by Crippen LogP contribution is -2.46. The molecule has 1 saturated carbocycles. The lowest BCUT2D eigenvalue weighted by atomic mass is 9.73. The SMILES string of the molecule is CCC(C)C(N)C(=O)NCC1CCC(C)(C)CC1.Cl. The zero-order valence-corrected chi connectivity index (χ0v) is 13.7. The van der Waals surface area contributed by atoms with E-state index in [1.807, 2.05) is 6.92 Å². The molecule has 0 radical (unpaired) electrons. The summed E-state index contributed by atoms with van der Waals surface area (Å²) in [4.78, 5) is 11.9. The highest BCUT2D eigenvalue weighted by Gasteiger charge is 2.27. The molecule has 19 heavy (non-hydrogen) atoms. The quantitative estimate of drug-likeness (QED) is 0.817. The number of nitrogens with one attached hydrogen (secondary N) is 1. The predicted octanol–water partition coefficient (Wildman–Crippen LogP) is 3.11. The number of rotatable bonds is 5. The number of amides is 1. The fourth-order valence-electron chi connectivity index (χ4n) is 2.54. The normalized spacial score (nSPS) is 22.2. The van der Waals surface area contributed by atoms with Crippen LogP contribution in [0.15, 0.2) is 0 Å². The fraction of sp³-hybridized carbons (Fsp3) is 0.933. The van der Waals surface area contributed by atoms with E-state index < -0.39 is 0 Å². The zero-order chi connectivity index (χ0) is 13.8. The second-order valence-corrected chi connectivity index (χ2v) is 6.76. The molecule has 0 saturated heterocycles. The summed E-state index contributed by atoms with van der Waals surface area (Å²) in [5.74, 6) is 0.926. The molecule has 2 atom stereocenters. The van der Waals surface area contributed by atoms with Gasteiger partial charge in [-0.2, -0.15) is 0 Å². The van der Waals surface area contributed by atoms with Gasteiger partial charge in [-0.15, -0.1) is 12.4 Å². The number of carbonyl (C=O) groups is 1. The van der Waals surface area contributed by atoms with Gasteiger partial charge in [0.05, 0.1) is 6.04 Å². The van der Waals surface area contributed by atoms with E-state index >= 15 is 0 Å². The maximum Gasteiger partial charge on any atom is 0.237 e. The first-order chi connectivity index (χ1) is 8.35. The van der Waals surface area contributed by atoms with Gasteiger partial charge in [0.25, 0.3) is 0 Å². The molecule has 1 amide bonds. The minimum atomic E-state index is -0.352. The van der Waals surface area contributed by atoms with E-state index in [-0.39, 0.29) is 30.3 Å². The Hall–Kier alpha value is -0.280. The standard InChI is InChI=1S/C15H30N2O.ClH/c1-5-11(2)13(16)14(18)17-10-12-6-8-15(3,4)9-7-12;/h11-13H,5-10,16H2,1-4H3,(H,17,18);1H. The number of halogens is 1. The average molecular weight is 291 g/mol. The first-order valence-corrected chi connectivity index (χ1v) is 7.39. The van der Waals surface area contributed by atoms with Crippen molar-refractivity contribution < 1.29 is 4.79 Å². The molecule has 1 rings (SSSR count). The largest absolute Gasteiger partial charge is 0.354 e. The molecule has 1 aliphatic carbocycles. The molecule has 114 valence electrons. The maximum atomic E-state index is 11.9. The summed E-state index contributed by atoms with van der Waals surface area (Å²) in [6.45, 7) is 9.58. The molecule has 1 aliphatic rings. The van der Waals surface area contributed by atoms with Gasteiger partial charge in [0.15, 0.2) is 0 Å². The van der Waals surface area contributed by atoms with Crippen LogP contribution in [-0.2, 0) is 4.79 Å². The van der Waals surface area contributed by atoms with Crippen LogP contribution in [0.4, 0.5) is 0 Å². The number of nitrogens with two attached hydrogens (primary N) is 1. The number of hydrogen-bond donors (Lipinski definition) is 2. The van der Waals surface area contributed by atoms with Gasteiger partial charge in [0, 0.05) is 6.54 Å². The third-order valence-corrected chi connectivity index (χ3v) is 4.58. The molecule has 0 aromatic heterocycles. The van der Waals surface area contributed by atoms with E-state index in [1.54, 1.807) is 0 Å². The maximum absolute atomic E-state index is 11.9. The summed E-state index contributed by atoms with van der Waals surface area (Å²) in [6.07, 6.45) is 5.94. The van der Waals surface area contributed by atoms with E-state index in [4.69, 9.17) is 5.73 Å². The molecule has 4 heteroatoms. The molecule has 0 aliphatic heterocycles. The van der Waals surface area contributed by atoms with Gasteiger partial charge in [0.1, 0.15) is 0 Å². The van der Waals surface area contributed by atoms with Gasteiger partial charge in [-0.1, -0.05) is 34.1 Å². The minimum Gasteiger partial charge on any atom is -0.354 e. The highest BCUT2D eigenvalue weighted by atomic mass is 35.5. The van der Waals surface area contributed by atoms with Gasteiger partial charge in [-0.3, -0.25) is 4.79 Å². The molecular formula is C15H31ClN2O. The monoisotopic (exact) mass is 290 g/mol. The van der Waals surface area contributed by atoms with Crippen LogP contribution in [0.5, 0.6) is 0 Å². The second kappa shape index (κ2) is 8.11. The van der Waals surface area contributed by atoms with Crippen LogP contribution in [0.1, 0.15) is 59.8 Å². The summed E-state index contributed by atoms with van der Waals surface area (Å²) < 4.78 is 0. The summed E-state index contributed by atoms with van der Waals surface area (Å²) in [7, 11) is 0. The minimum absolute atomic E-state index is 0. The lowest BCUT2D eigenvalue weighted by Gasteiger charge is -2.34. The molecule has 0 aromatic carbocycles. The smallest absolute Gasteiger partial charge is 0.237 e. The fourth-order valence-corrected chi connectivity index (χ4v) is 2.54. The highest BCUT2D eigenvalue weighted by Crippen LogP contribution is 2.37. The van der Waals surface area contributed by atoms with E-state index in [0.29, 0.717) is 11.3 Å². The van der Waals surface area contributed by atoms with Crippen molar-refractivity contribution in [2.75, 3.05) is 6.54 Å². The Balaban J connectivity index is 0.00000324. The molecule has 0 spiro atoms. The van der Waals surface area contributed by atoms with Crippen LogP contribution in [0.3, 0.4) is 0 Å². The Morgan fingerprint density at radius 2 is 1.89 bits per heavy atom. The van der Waals surface area contributed by atoms with Crippen LogP contribution in [0.2, 0.25) is 0 Å². The van der Waals surface area contributed by atoms with E-state index in [0.717, 1.165) is 13.0 Å². The molecular weight excluding hydrogens is 260 g/mol. The van der Waals surface area contributed by atoms with E-state index in [9.17, 15) is 4.79 Å². The van der Waals surface area contributed by atoms with Crippen molar-refractivity contribution in [3.8, 4) is 0 Å². The Morgan fingerprint density at radius 3 is 2.37 bits per heavy atom. The van der Waals surface area contributed by atoms with Crippen molar-refractivity contribution in [1.82, 2.24) is 5.32 Å². The summed E-state index contributed by atoms with van der Waals surface area (Å²) in [5, 5.41) is 3.03. The van der Waals surface area contributed by atoms with Gasteiger partial charge < -0.3 is 11.1 Å². The van der Waals surface area contributed by atoms with Crippen LogP contribution in [0, 0.1) is 17.3 Å². The number of hydrogen-bond acceptors (Lipinski definition) is 2. The topological polar surface area (TPSA) is 55.1 Å². The van der Waals surface area contributed by atoms with E-state index in [1.165, 1.54) is 25.7 Å². The Bertz CT molecular complexity index is 271. The molecule has 3 N–H and O–H groups in total. The Morgan fingerprint density at radius 1 is 1.37 bits per heavy atom. The van der Waals surface area contributed by atoms with Crippen molar-refractivity contribution in [2.24, 2.45) is 23.0 Å². The summed E-state index contributed by atoms with van der Waals surface area (Å²) in [6, 6.07) is -0.352. The van der Waals surface area contributed by atoms with Crippen molar-refractivity contribution >= 4 is 18.3 Å². The molecule has 3 nitrogen and oxygen atoms in total. The second-order valence-electron chi connectivity index (χ2n) is 6.76. The molecule has 0 aromatic rings. The van der Waals surface area contributed by atoms with Crippen molar-refractivity contribution in [2.45, 2.75) is 65.8 Å². The molecule has 2 unspecified atom stereocenters. The molecule has 0 heterocycles. The summed E-state index contributed by atoms with van der Waals surface area (Å²) >= 11 is 0. The van der Waals surface area contributed by atoms with Crippen LogP contribution in [-0.4, -0.2) is 18.5 Å². The third kappa shape index (κ3) is 6.13. The Labute approximate surface area is 124 Å². The van der Waals surface area contributed by atoms with Gasteiger partial charge in [-0.25, -0.2) is 0 Å². The van der Waals surface area contributed by atoms with Crippen molar-refractivity contribution in [1.29, 1.82) is 0 Å². The predicted molar refractivity (Wildman–Crippen MR) is 83.4 cm³/mol. The average Bonchev–Trinajstić information content (AvgIpc) is 2.35. The zero-order valence-electron chi connectivity index (χ0n) is 12.9. The van der Waals surface area contributed by atoms with Crippen LogP contribution in [0.25, 0.3) is 0 Å². The third-order valence-electron chi connectivity index (χ3n) is 4.58. The van der Waals surface area contributed by atoms with Gasteiger partial charge in [-0.05, 0) is 42.9 Å². The summed E-state index contributed by atoms with van der Waals surface area (Å²) in [5.41, 5.74) is 6.41. The van der Waals surface area contributed by atoms with Gasteiger partial charge in [0.2, 0.25) is 5.91 Å². The van der Waals surface area contributed by atoms with Crippen molar-refractivity contribution in [3.63, 3.8) is 0 Å². The first-order valence-electron chi connectivity index (χ1n) is 7.39. The van der Waals surface area contributed by atoms with Crippen molar-refractivity contribution in [3.05, 3.63) is 0 Å².